The topological polar surface area (TPSA) is 15.3 Å². The van der Waals surface area contributed by atoms with Crippen molar-refractivity contribution in [3.05, 3.63) is 22.4 Å². The van der Waals surface area contributed by atoms with Crippen molar-refractivity contribution in [2.75, 3.05) is 20.1 Å². The Morgan fingerprint density at radius 3 is 2.73 bits per heavy atom. The molecule has 0 radical (unpaired) electrons. The van der Waals surface area contributed by atoms with Crippen LogP contribution in [0.2, 0.25) is 0 Å². The number of piperidine rings is 1. The number of thiophene rings is 1. The van der Waals surface area contributed by atoms with Crippen LogP contribution in [0, 0.1) is 0 Å². The van der Waals surface area contributed by atoms with Crippen molar-refractivity contribution in [1.82, 2.24) is 10.2 Å². The van der Waals surface area contributed by atoms with E-state index in [2.05, 4.69) is 41.0 Å². The average molecular weight is 224 g/mol. The summed E-state index contributed by atoms with van der Waals surface area (Å²) < 4.78 is 0. The first kappa shape index (κ1) is 11.1. The van der Waals surface area contributed by atoms with Gasteiger partial charge in [0.15, 0.2) is 0 Å². The molecular formula is C12H20N2S. The van der Waals surface area contributed by atoms with E-state index in [0.29, 0.717) is 6.04 Å². The molecule has 1 aliphatic heterocycles. The molecule has 0 bridgehead atoms. The Morgan fingerprint density at radius 1 is 1.47 bits per heavy atom. The van der Waals surface area contributed by atoms with Gasteiger partial charge in [-0.05, 0) is 49.2 Å². The van der Waals surface area contributed by atoms with Crippen LogP contribution in [0.4, 0.5) is 0 Å². The van der Waals surface area contributed by atoms with Gasteiger partial charge in [0.05, 0.1) is 0 Å². The third-order valence-corrected chi connectivity index (χ3v) is 4.21. The molecule has 2 nitrogen and oxygen atoms in total. The highest BCUT2D eigenvalue weighted by Gasteiger charge is 2.22. The zero-order chi connectivity index (χ0) is 10.7. The molecule has 3 heteroatoms. The molecule has 0 aromatic carbocycles. The Balaban J connectivity index is 1.90. The van der Waals surface area contributed by atoms with Gasteiger partial charge in [-0.1, -0.05) is 0 Å². The molecule has 2 rings (SSSR count). The lowest BCUT2D eigenvalue weighted by atomic mass is 10.0. The van der Waals surface area contributed by atoms with Crippen LogP contribution in [0.3, 0.4) is 0 Å². The summed E-state index contributed by atoms with van der Waals surface area (Å²) in [6.45, 7) is 4.77. The van der Waals surface area contributed by atoms with E-state index in [1.807, 2.05) is 0 Å². The molecule has 1 fully saturated rings. The molecule has 0 saturated carbocycles. The normalized spacial score (nSPS) is 21.7. The fraction of sp³-hybridized carbons (Fsp3) is 0.667. The Bertz CT molecular complexity index is 276. The minimum Gasteiger partial charge on any atom is -0.317 e. The third-order valence-electron chi connectivity index (χ3n) is 3.51. The van der Waals surface area contributed by atoms with Crippen molar-refractivity contribution in [2.45, 2.75) is 31.8 Å². The van der Waals surface area contributed by atoms with Gasteiger partial charge >= 0.3 is 0 Å². The van der Waals surface area contributed by atoms with Gasteiger partial charge in [0.1, 0.15) is 0 Å². The highest BCUT2D eigenvalue weighted by molar-refractivity contribution is 7.07. The van der Waals surface area contributed by atoms with E-state index in [4.69, 9.17) is 0 Å². The maximum absolute atomic E-state index is 3.37. The summed E-state index contributed by atoms with van der Waals surface area (Å²) in [6.07, 6.45) is 2.57. The molecule has 1 unspecified atom stereocenters. The maximum Gasteiger partial charge on any atom is 0.0328 e. The maximum atomic E-state index is 3.37. The largest absolute Gasteiger partial charge is 0.317 e. The first-order chi connectivity index (χ1) is 7.31. The van der Waals surface area contributed by atoms with Crippen LogP contribution in [0.5, 0.6) is 0 Å². The van der Waals surface area contributed by atoms with E-state index in [1.165, 1.54) is 31.5 Å². The van der Waals surface area contributed by atoms with Gasteiger partial charge in [0, 0.05) is 25.2 Å². The predicted molar refractivity (Wildman–Crippen MR) is 66.4 cm³/mol. The quantitative estimate of drug-likeness (QED) is 0.848. The zero-order valence-electron chi connectivity index (χ0n) is 9.57. The van der Waals surface area contributed by atoms with Gasteiger partial charge in [-0.15, -0.1) is 0 Å². The number of rotatable bonds is 3. The highest BCUT2D eigenvalue weighted by Crippen LogP contribution is 2.25. The standard InChI is InChI=1S/C12H20N2S/c1-10(11-5-8-15-9-11)14-6-3-12(13-2)4-7-14/h5,8-10,12-13H,3-4,6-7H2,1-2H3. The van der Waals surface area contributed by atoms with Crippen molar-refractivity contribution in [2.24, 2.45) is 0 Å². The Kier molecular flexibility index (Phi) is 3.78. The minimum absolute atomic E-state index is 0.592. The van der Waals surface area contributed by atoms with E-state index >= 15 is 0 Å². The molecule has 84 valence electrons. The third kappa shape index (κ3) is 2.60. The van der Waals surface area contributed by atoms with Gasteiger partial charge < -0.3 is 5.32 Å². The summed E-state index contributed by atoms with van der Waals surface area (Å²) in [5, 5.41) is 7.82. The van der Waals surface area contributed by atoms with Gasteiger partial charge in [-0.2, -0.15) is 11.3 Å². The van der Waals surface area contributed by atoms with Gasteiger partial charge in [0.25, 0.3) is 0 Å². The number of hydrogen-bond donors (Lipinski definition) is 1. The molecule has 2 heterocycles. The lowest BCUT2D eigenvalue weighted by Gasteiger charge is -2.35. The second kappa shape index (κ2) is 5.10. The SMILES string of the molecule is CNC1CCN(C(C)c2ccsc2)CC1. The van der Waals surface area contributed by atoms with E-state index < -0.39 is 0 Å². The van der Waals surface area contributed by atoms with Crippen LogP contribution < -0.4 is 5.32 Å². The van der Waals surface area contributed by atoms with Crippen molar-refractivity contribution < 1.29 is 0 Å². The molecule has 1 N–H and O–H groups in total. The van der Waals surface area contributed by atoms with Gasteiger partial charge in [-0.3, -0.25) is 4.90 Å². The van der Waals surface area contributed by atoms with Gasteiger partial charge in [0.2, 0.25) is 0 Å². The molecule has 0 amide bonds. The number of likely N-dealkylation sites (tertiary alicyclic amines) is 1. The fourth-order valence-corrected chi connectivity index (χ4v) is 3.05. The van der Waals surface area contributed by atoms with Crippen LogP contribution in [0.25, 0.3) is 0 Å². The Hall–Kier alpha value is -0.380. The molecular weight excluding hydrogens is 204 g/mol. The molecule has 1 saturated heterocycles. The summed E-state index contributed by atoms with van der Waals surface area (Å²) in [5.74, 6) is 0. The first-order valence-corrected chi connectivity index (χ1v) is 6.69. The van der Waals surface area contributed by atoms with E-state index in [-0.39, 0.29) is 0 Å². The van der Waals surface area contributed by atoms with Crippen molar-refractivity contribution in [3.63, 3.8) is 0 Å². The van der Waals surface area contributed by atoms with Crippen molar-refractivity contribution >= 4 is 11.3 Å². The second-order valence-corrected chi connectivity index (χ2v) is 5.11. The van der Waals surface area contributed by atoms with Crippen molar-refractivity contribution in [3.8, 4) is 0 Å². The molecule has 1 aliphatic rings. The Morgan fingerprint density at radius 2 is 2.20 bits per heavy atom. The molecule has 15 heavy (non-hydrogen) atoms. The fourth-order valence-electron chi connectivity index (χ4n) is 2.30. The molecule has 1 aromatic rings. The predicted octanol–water partition coefficient (Wildman–Crippen LogP) is 2.49. The van der Waals surface area contributed by atoms with Crippen LogP contribution in [0.1, 0.15) is 31.4 Å². The van der Waals surface area contributed by atoms with E-state index in [9.17, 15) is 0 Å². The van der Waals surface area contributed by atoms with E-state index in [0.717, 1.165) is 6.04 Å². The van der Waals surface area contributed by atoms with Crippen LogP contribution in [-0.4, -0.2) is 31.1 Å². The lowest BCUT2D eigenvalue weighted by Crippen LogP contribution is -2.42. The number of nitrogens with zero attached hydrogens (tertiary/aromatic N) is 1. The highest BCUT2D eigenvalue weighted by atomic mass is 32.1. The molecule has 1 aromatic heterocycles. The summed E-state index contributed by atoms with van der Waals surface area (Å²) in [4.78, 5) is 2.59. The van der Waals surface area contributed by atoms with Crippen LogP contribution in [-0.2, 0) is 0 Å². The monoisotopic (exact) mass is 224 g/mol. The molecule has 0 aliphatic carbocycles. The second-order valence-electron chi connectivity index (χ2n) is 4.33. The summed E-state index contributed by atoms with van der Waals surface area (Å²) in [6, 6.07) is 3.57. The van der Waals surface area contributed by atoms with Crippen LogP contribution >= 0.6 is 11.3 Å². The van der Waals surface area contributed by atoms with E-state index in [1.54, 1.807) is 11.3 Å². The smallest absolute Gasteiger partial charge is 0.0328 e. The summed E-state index contributed by atoms with van der Waals surface area (Å²) in [7, 11) is 2.07. The zero-order valence-corrected chi connectivity index (χ0v) is 10.4. The Labute approximate surface area is 96.3 Å². The summed E-state index contributed by atoms with van der Waals surface area (Å²) in [5.41, 5.74) is 1.47. The van der Waals surface area contributed by atoms with Crippen molar-refractivity contribution in [1.29, 1.82) is 0 Å². The van der Waals surface area contributed by atoms with Gasteiger partial charge in [-0.25, -0.2) is 0 Å². The molecule has 1 atom stereocenters. The lowest BCUT2D eigenvalue weighted by molar-refractivity contribution is 0.155. The minimum atomic E-state index is 0.592. The first-order valence-electron chi connectivity index (χ1n) is 5.74. The summed E-state index contributed by atoms with van der Waals surface area (Å²) >= 11 is 1.80. The van der Waals surface area contributed by atoms with Crippen LogP contribution in [0.15, 0.2) is 16.8 Å². The number of hydrogen-bond acceptors (Lipinski definition) is 3. The number of nitrogens with one attached hydrogen (secondary N) is 1. The average Bonchev–Trinajstić information content (AvgIpc) is 2.82. The molecule has 0 spiro atoms.